The van der Waals surface area contributed by atoms with Crippen LogP contribution in [0.15, 0.2) is 41.3 Å². The molecule has 1 nitrogen and oxygen atoms in total. The molecule has 0 aliphatic carbocycles. The smallest absolute Gasteiger partial charge is 0.0189 e. The number of thiol groups is 1. The van der Waals surface area contributed by atoms with Crippen LogP contribution in [0.4, 0.5) is 0 Å². The lowest BCUT2D eigenvalue weighted by Gasteiger charge is -2.05. The summed E-state index contributed by atoms with van der Waals surface area (Å²) in [5.41, 5.74) is 6.69. The van der Waals surface area contributed by atoms with Gasteiger partial charge in [-0.05, 0) is 16.3 Å². The average Bonchev–Trinajstić information content (AvgIpc) is 2.19. The van der Waals surface area contributed by atoms with E-state index >= 15 is 0 Å². The minimum Gasteiger partial charge on any atom is -0.326 e. The van der Waals surface area contributed by atoms with Crippen LogP contribution in [0.2, 0.25) is 0 Å². The molecular weight excluding hydrogens is 178 g/mol. The summed E-state index contributed by atoms with van der Waals surface area (Å²) in [5, 5.41) is 2.39. The molecule has 0 bridgehead atoms. The fraction of sp³-hybridized carbons (Fsp3) is 0.0909. The van der Waals surface area contributed by atoms with Crippen molar-refractivity contribution in [3.63, 3.8) is 0 Å². The molecule has 0 saturated heterocycles. The van der Waals surface area contributed by atoms with Gasteiger partial charge in [0.2, 0.25) is 0 Å². The summed E-state index contributed by atoms with van der Waals surface area (Å²) in [7, 11) is 0. The molecule has 0 saturated carbocycles. The molecule has 0 spiro atoms. The summed E-state index contributed by atoms with van der Waals surface area (Å²) in [5.74, 6) is 0. The number of benzene rings is 2. The molecule has 0 radical (unpaired) electrons. The first-order valence-electron chi connectivity index (χ1n) is 4.22. The van der Waals surface area contributed by atoms with Crippen LogP contribution in [-0.2, 0) is 6.54 Å². The molecule has 0 atom stereocenters. The average molecular weight is 189 g/mol. The van der Waals surface area contributed by atoms with Crippen LogP contribution < -0.4 is 5.73 Å². The van der Waals surface area contributed by atoms with E-state index in [1.807, 2.05) is 18.2 Å². The first-order chi connectivity index (χ1) is 6.33. The lowest BCUT2D eigenvalue weighted by molar-refractivity contribution is 1.04. The third-order valence-corrected chi connectivity index (χ3v) is 2.73. The summed E-state index contributed by atoms with van der Waals surface area (Å²) in [6.45, 7) is 0.545. The van der Waals surface area contributed by atoms with E-state index in [2.05, 4.69) is 30.8 Å². The molecule has 2 N–H and O–H groups in total. The molecule has 0 aliphatic heterocycles. The van der Waals surface area contributed by atoms with Gasteiger partial charge in [-0.3, -0.25) is 0 Å². The fourth-order valence-corrected chi connectivity index (χ4v) is 1.83. The van der Waals surface area contributed by atoms with Crippen molar-refractivity contribution in [3.8, 4) is 0 Å². The molecular formula is C11H11NS. The molecule has 2 aromatic rings. The Kier molecular flexibility index (Phi) is 2.25. The van der Waals surface area contributed by atoms with Gasteiger partial charge < -0.3 is 5.73 Å². The zero-order chi connectivity index (χ0) is 9.26. The summed E-state index contributed by atoms with van der Waals surface area (Å²) in [4.78, 5) is 1.00. The Morgan fingerprint density at radius 1 is 1.08 bits per heavy atom. The highest BCUT2D eigenvalue weighted by Gasteiger charge is 2.01. The predicted molar refractivity (Wildman–Crippen MR) is 59.1 cm³/mol. The lowest BCUT2D eigenvalue weighted by atomic mass is 10.1. The van der Waals surface area contributed by atoms with Crippen molar-refractivity contribution in [1.29, 1.82) is 0 Å². The maximum atomic E-state index is 5.59. The Morgan fingerprint density at radius 2 is 1.85 bits per heavy atom. The summed E-state index contributed by atoms with van der Waals surface area (Å²) in [6.07, 6.45) is 0. The number of hydrogen-bond donors (Lipinski definition) is 2. The second-order valence-electron chi connectivity index (χ2n) is 3.00. The maximum Gasteiger partial charge on any atom is 0.0189 e. The van der Waals surface area contributed by atoms with Crippen molar-refractivity contribution < 1.29 is 0 Å². The van der Waals surface area contributed by atoms with Crippen LogP contribution in [0.25, 0.3) is 10.8 Å². The molecule has 0 aliphatic rings. The van der Waals surface area contributed by atoms with Crippen molar-refractivity contribution in [1.82, 2.24) is 0 Å². The molecule has 2 rings (SSSR count). The van der Waals surface area contributed by atoms with E-state index in [0.717, 1.165) is 10.5 Å². The standard InChI is InChI=1S/C11H11NS/c12-7-9-6-5-8-3-1-2-4-10(8)11(9)13/h1-6,13H,7,12H2. The Hall–Kier alpha value is -0.990. The highest BCUT2D eigenvalue weighted by molar-refractivity contribution is 7.80. The van der Waals surface area contributed by atoms with Crippen molar-refractivity contribution in [3.05, 3.63) is 42.0 Å². The van der Waals surface area contributed by atoms with Crippen molar-refractivity contribution >= 4 is 23.4 Å². The number of nitrogens with two attached hydrogens (primary N) is 1. The van der Waals surface area contributed by atoms with Gasteiger partial charge in [-0.25, -0.2) is 0 Å². The van der Waals surface area contributed by atoms with Crippen LogP contribution in [0.5, 0.6) is 0 Å². The van der Waals surface area contributed by atoms with E-state index in [4.69, 9.17) is 5.73 Å². The number of hydrogen-bond acceptors (Lipinski definition) is 2. The highest BCUT2D eigenvalue weighted by atomic mass is 32.1. The second kappa shape index (κ2) is 3.40. The summed E-state index contributed by atoms with van der Waals surface area (Å²) < 4.78 is 0. The van der Waals surface area contributed by atoms with Gasteiger partial charge in [-0.1, -0.05) is 36.4 Å². The largest absolute Gasteiger partial charge is 0.326 e. The van der Waals surface area contributed by atoms with Gasteiger partial charge in [0.1, 0.15) is 0 Å². The molecule has 0 unspecified atom stereocenters. The van der Waals surface area contributed by atoms with Gasteiger partial charge in [0.15, 0.2) is 0 Å². The Bertz CT molecular complexity index is 437. The van der Waals surface area contributed by atoms with E-state index < -0.39 is 0 Å². The van der Waals surface area contributed by atoms with E-state index in [1.165, 1.54) is 10.8 Å². The molecule has 0 aromatic heterocycles. The van der Waals surface area contributed by atoms with Crippen molar-refractivity contribution in [2.45, 2.75) is 11.4 Å². The minimum atomic E-state index is 0.545. The van der Waals surface area contributed by atoms with E-state index in [-0.39, 0.29) is 0 Å². The molecule has 66 valence electrons. The predicted octanol–water partition coefficient (Wildman–Crippen LogP) is 2.59. The number of fused-ring (bicyclic) bond motifs is 1. The molecule has 0 heterocycles. The maximum absolute atomic E-state index is 5.59. The van der Waals surface area contributed by atoms with E-state index in [0.29, 0.717) is 6.54 Å². The van der Waals surface area contributed by atoms with Crippen LogP contribution in [0.3, 0.4) is 0 Å². The van der Waals surface area contributed by atoms with Crippen LogP contribution in [0, 0.1) is 0 Å². The fourth-order valence-electron chi connectivity index (χ4n) is 1.46. The quantitative estimate of drug-likeness (QED) is 0.662. The Morgan fingerprint density at radius 3 is 2.62 bits per heavy atom. The van der Waals surface area contributed by atoms with Crippen LogP contribution in [-0.4, -0.2) is 0 Å². The lowest BCUT2D eigenvalue weighted by Crippen LogP contribution is -1.97. The highest BCUT2D eigenvalue weighted by Crippen LogP contribution is 2.25. The first kappa shape index (κ1) is 8.60. The van der Waals surface area contributed by atoms with Crippen molar-refractivity contribution in [2.75, 3.05) is 0 Å². The van der Waals surface area contributed by atoms with Gasteiger partial charge >= 0.3 is 0 Å². The molecule has 2 aromatic carbocycles. The van der Waals surface area contributed by atoms with Gasteiger partial charge in [0.25, 0.3) is 0 Å². The SMILES string of the molecule is NCc1ccc2ccccc2c1S. The molecule has 0 amide bonds. The zero-order valence-electron chi connectivity index (χ0n) is 7.20. The Labute approximate surface area is 83.0 Å². The van der Waals surface area contributed by atoms with Gasteiger partial charge in [0, 0.05) is 11.4 Å². The first-order valence-corrected chi connectivity index (χ1v) is 4.67. The van der Waals surface area contributed by atoms with Crippen LogP contribution >= 0.6 is 12.6 Å². The summed E-state index contributed by atoms with van der Waals surface area (Å²) in [6, 6.07) is 12.3. The Balaban J connectivity index is 2.79. The zero-order valence-corrected chi connectivity index (χ0v) is 8.09. The molecule has 13 heavy (non-hydrogen) atoms. The van der Waals surface area contributed by atoms with Gasteiger partial charge in [0.05, 0.1) is 0 Å². The van der Waals surface area contributed by atoms with Crippen LogP contribution in [0.1, 0.15) is 5.56 Å². The van der Waals surface area contributed by atoms with Gasteiger partial charge in [-0.15, -0.1) is 12.6 Å². The number of rotatable bonds is 1. The van der Waals surface area contributed by atoms with E-state index in [1.54, 1.807) is 0 Å². The van der Waals surface area contributed by atoms with Crippen molar-refractivity contribution in [2.24, 2.45) is 5.73 Å². The minimum absolute atomic E-state index is 0.545. The molecule has 2 heteroatoms. The summed E-state index contributed by atoms with van der Waals surface area (Å²) >= 11 is 4.46. The monoisotopic (exact) mass is 189 g/mol. The third-order valence-electron chi connectivity index (χ3n) is 2.20. The second-order valence-corrected chi connectivity index (χ2v) is 3.45. The molecule has 0 fully saturated rings. The third kappa shape index (κ3) is 1.43. The van der Waals surface area contributed by atoms with Gasteiger partial charge in [-0.2, -0.15) is 0 Å². The normalized spacial score (nSPS) is 10.6. The topological polar surface area (TPSA) is 26.0 Å². The van der Waals surface area contributed by atoms with E-state index in [9.17, 15) is 0 Å².